The van der Waals surface area contributed by atoms with Gasteiger partial charge in [-0.1, -0.05) is 48.3 Å². The van der Waals surface area contributed by atoms with Crippen molar-refractivity contribution in [1.82, 2.24) is 10.2 Å². The largest absolute Gasteiger partial charge is 0.350 e. The lowest BCUT2D eigenvalue weighted by Crippen LogP contribution is -2.53. The van der Waals surface area contributed by atoms with E-state index in [0.717, 1.165) is 11.8 Å². The van der Waals surface area contributed by atoms with E-state index in [0.29, 0.717) is 27.7 Å². The van der Waals surface area contributed by atoms with Crippen molar-refractivity contribution in [2.75, 3.05) is 17.1 Å². The maximum Gasteiger partial charge on any atom is 0.243 e. The molecule has 1 N–H and O–H groups in total. The number of halogens is 2. The van der Waals surface area contributed by atoms with Crippen molar-refractivity contribution < 1.29 is 18.0 Å². The fourth-order valence-electron chi connectivity index (χ4n) is 4.01. The Balaban J connectivity index is 2.30. The van der Waals surface area contributed by atoms with Crippen LogP contribution in [0.2, 0.25) is 10.0 Å². The quantitative estimate of drug-likeness (QED) is 0.383. The molecule has 0 spiro atoms. The van der Waals surface area contributed by atoms with E-state index < -0.39 is 21.6 Å². The highest BCUT2D eigenvalue weighted by molar-refractivity contribution is 7.92. The molecular weight excluding hydrogens is 533 g/mol. The minimum absolute atomic E-state index is 0.0409. The highest BCUT2D eigenvalue weighted by Crippen LogP contribution is 2.28. The van der Waals surface area contributed by atoms with Crippen molar-refractivity contribution in [2.24, 2.45) is 0 Å². The monoisotopic (exact) mass is 569 g/mol. The maximum atomic E-state index is 13.6. The van der Waals surface area contributed by atoms with E-state index in [2.05, 4.69) is 5.32 Å². The number of sulfonamides is 1. The van der Waals surface area contributed by atoms with Crippen molar-refractivity contribution in [3.05, 3.63) is 63.6 Å². The van der Waals surface area contributed by atoms with Crippen LogP contribution >= 0.6 is 23.2 Å². The first-order chi connectivity index (χ1) is 17.1. The minimum atomic E-state index is -3.56. The highest BCUT2D eigenvalue weighted by atomic mass is 35.5. The molecule has 0 aliphatic carbocycles. The number of hydrogen-bond donors (Lipinski definition) is 1. The summed E-state index contributed by atoms with van der Waals surface area (Å²) in [5, 5.41) is 3.76. The van der Waals surface area contributed by atoms with Crippen LogP contribution in [0.4, 0.5) is 5.69 Å². The van der Waals surface area contributed by atoms with Gasteiger partial charge < -0.3 is 10.2 Å². The Labute approximate surface area is 231 Å². The normalized spacial score (nSPS) is 12.6. The number of aryl methyl sites for hydroxylation is 1. The minimum Gasteiger partial charge on any atom is -0.350 e. The van der Waals surface area contributed by atoms with Gasteiger partial charge >= 0.3 is 0 Å². The van der Waals surface area contributed by atoms with Crippen molar-refractivity contribution in [3.8, 4) is 0 Å². The Morgan fingerprint density at radius 3 is 2.16 bits per heavy atom. The molecular formula is C27H37Cl2N3O4S. The van der Waals surface area contributed by atoms with E-state index in [-0.39, 0.29) is 37.7 Å². The molecule has 0 bridgehead atoms. The lowest BCUT2D eigenvalue weighted by atomic mass is 10.0. The third kappa shape index (κ3) is 9.20. The molecule has 0 fully saturated rings. The number of benzene rings is 2. The second kappa shape index (κ2) is 13.0. The summed E-state index contributed by atoms with van der Waals surface area (Å²) in [7, 11) is -3.56. The Morgan fingerprint density at radius 2 is 1.65 bits per heavy atom. The van der Waals surface area contributed by atoms with Gasteiger partial charge in [0.15, 0.2) is 0 Å². The summed E-state index contributed by atoms with van der Waals surface area (Å²) in [6, 6.07) is 11.5. The third-order valence-electron chi connectivity index (χ3n) is 5.72. The van der Waals surface area contributed by atoms with Gasteiger partial charge in [-0.05, 0) is 70.4 Å². The van der Waals surface area contributed by atoms with Crippen LogP contribution < -0.4 is 9.62 Å². The molecule has 2 aromatic carbocycles. The molecule has 37 heavy (non-hydrogen) atoms. The zero-order valence-electron chi connectivity index (χ0n) is 22.3. The number of carbonyl (C=O) groups excluding carboxylic acids is 2. The zero-order valence-corrected chi connectivity index (χ0v) is 24.7. The first-order valence-corrected chi connectivity index (χ1v) is 14.8. The van der Waals surface area contributed by atoms with Crippen LogP contribution in [-0.4, -0.2) is 49.5 Å². The molecule has 2 rings (SSSR count). The standard InChI is InChI=1S/C27H37Cl2N3O4S/c1-7-24(26(34)30-27(3,4)5)31(18-21-22(28)13-9-14-23(21)29)25(33)15-10-16-32(37(6,35)36)20-12-8-11-19(2)17-20/h8-9,11-14,17,24H,7,10,15-16,18H2,1-6H3,(H,30,34). The highest BCUT2D eigenvalue weighted by Gasteiger charge is 2.31. The van der Waals surface area contributed by atoms with Crippen molar-refractivity contribution in [2.45, 2.75) is 72.0 Å². The molecule has 0 aliphatic rings. The molecule has 0 saturated carbocycles. The molecule has 2 aromatic rings. The summed E-state index contributed by atoms with van der Waals surface area (Å²) < 4.78 is 26.3. The number of amides is 2. The average molecular weight is 571 g/mol. The predicted molar refractivity (Wildman–Crippen MR) is 152 cm³/mol. The van der Waals surface area contributed by atoms with Crippen LogP contribution in [0.1, 0.15) is 58.1 Å². The number of nitrogens with zero attached hydrogens (tertiary/aromatic N) is 2. The van der Waals surface area contributed by atoms with E-state index in [1.165, 1.54) is 9.21 Å². The fraction of sp³-hybridized carbons (Fsp3) is 0.481. The van der Waals surface area contributed by atoms with Crippen LogP contribution in [-0.2, 0) is 26.2 Å². The number of carbonyl (C=O) groups is 2. The molecule has 7 nitrogen and oxygen atoms in total. The van der Waals surface area contributed by atoms with Crippen molar-refractivity contribution >= 4 is 50.7 Å². The summed E-state index contributed by atoms with van der Waals surface area (Å²) in [4.78, 5) is 28.2. The maximum absolute atomic E-state index is 13.6. The molecule has 0 saturated heterocycles. The Hall–Kier alpha value is -2.29. The first kappa shape index (κ1) is 30.9. The van der Waals surface area contributed by atoms with Gasteiger partial charge in [-0.2, -0.15) is 0 Å². The summed E-state index contributed by atoms with van der Waals surface area (Å²) >= 11 is 12.8. The zero-order chi connectivity index (χ0) is 28.0. The van der Waals surface area contributed by atoms with Gasteiger partial charge in [0, 0.05) is 40.7 Å². The summed E-state index contributed by atoms with van der Waals surface area (Å²) in [6.07, 6.45) is 1.84. The molecule has 1 atom stereocenters. The molecule has 0 aromatic heterocycles. The van der Waals surface area contributed by atoms with Crippen LogP contribution in [0.3, 0.4) is 0 Å². The van der Waals surface area contributed by atoms with Gasteiger partial charge in [0.05, 0.1) is 11.9 Å². The van der Waals surface area contributed by atoms with Gasteiger partial charge in [-0.15, -0.1) is 0 Å². The topological polar surface area (TPSA) is 86.8 Å². The van der Waals surface area contributed by atoms with Gasteiger partial charge in [-0.25, -0.2) is 8.42 Å². The Bertz CT molecular complexity index is 1190. The molecule has 0 heterocycles. The lowest BCUT2D eigenvalue weighted by Gasteiger charge is -2.33. The van der Waals surface area contributed by atoms with E-state index in [9.17, 15) is 18.0 Å². The van der Waals surface area contributed by atoms with Crippen molar-refractivity contribution in [3.63, 3.8) is 0 Å². The van der Waals surface area contributed by atoms with Gasteiger partial charge in [0.1, 0.15) is 6.04 Å². The molecule has 0 aliphatic heterocycles. The van der Waals surface area contributed by atoms with Crippen LogP contribution in [0.15, 0.2) is 42.5 Å². The number of rotatable bonds is 11. The lowest BCUT2D eigenvalue weighted by molar-refractivity contribution is -0.142. The number of nitrogens with one attached hydrogen (secondary N) is 1. The SMILES string of the molecule is CCC(C(=O)NC(C)(C)C)N(Cc1c(Cl)cccc1Cl)C(=O)CCCN(c1cccc(C)c1)S(C)(=O)=O. The van der Waals surface area contributed by atoms with Gasteiger partial charge in [-0.3, -0.25) is 13.9 Å². The van der Waals surface area contributed by atoms with Gasteiger partial charge in [0.2, 0.25) is 21.8 Å². The van der Waals surface area contributed by atoms with Crippen molar-refractivity contribution in [1.29, 1.82) is 0 Å². The second-order valence-corrected chi connectivity index (χ2v) is 12.9. The van der Waals surface area contributed by atoms with E-state index in [4.69, 9.17) is 23.2 Å². The smallest absolute Gasteiger partial charge is 0.243 e. The number of hydrogen-bond acceptors (Lipinski definition) is 4. The van der Waals surface area contributed by atoms with Crippen LogP contribution in [0.25, 0.3) is 0 Å². The third-order valence-corrected chi connectivity index (χ3v) is 7.62. The Kier molecular flexibility index (Phi) is 10.9. The summed E-state index contributed by atoms with van der Waals surface area (Å²) in [5.74, 6) is -0.561. The summed E-state index contributed by atoms with van der Waals surface area (Å²) in [5.41, 5.74) is 1.55. The Morgan fingerprint density at radius 1 is 1.05 bits per heavy atom. The fourth-order valence-corrected chi connectivity index (χ4v) is 5.49. The van der Waals surface area contributed by atoms with E-state index in [1.54, 1.807) is 36.4 Å². The molecule has 2 amide bonds. The molecule has 10 heteroatoms. The van der Waals surface area contributed by atoms with Crippen LogP contribution in [0.5, 0.6) is 0 Å². The predicted octanol–water partition coefficient (Wildman–Crippen LogP) is 5.57. The first-order valence-electron chi connectivity index (χ1n) is 12.2. The van der Waals surface area contributed by atoms with E-state index >= 15 is 0 Å². The van der Waals surface area contributed by atoms with Crippen LogP contribution in [0, 0.1) is 6.92 Å². The molecule has 204 valence electrons. The molecule has 0 radical (unpaired) electrons. The second-order valence-electron chi connectivity index (χ2n) is 10.2. The summed E-state index contributed by atoms with van der Waals surface area (Å²) in [6.45, 7) is 9.53. The number of anilines is 1. The van der Waals surface area contributed by atoms with E-state index in [1.807, 2.05) is 40.7 Å². The van der Waals surface area contributed by atoms with Gasteiger partial charge in [0.25, 0.3) is 0 Å². The average Bonchev–Trinajstić information content (AvgIpc) is 2.76. The molecule has 1 unspecified atom stereocenters.